The highest BCUT2D eigenvalue weighted by molar-refractivity contribution is 7.90. The molecule has 6 aromatic rings. The molecule has 5 aliphatic heterocycles. The van der Waals surface area contributed by atoms with E-state index >= 15 is 0 Å². The molecule has 3 saturated heterocycles. The Morgan fingerprint density at radius 2 is 1.09 bits per heavy atom. The zero-order valence-corrected chi connectivity index (χ0v) is 59.9. The molecular formula is C70H90BClN14O8S2. The van der Waals surface area contributed by atoms with E-state index in [0.29, 0.717) is 78.9 Å². The van der Waals surface area contributed by atoms with Crippen molar-refractivity contribution in [2.45, 2.75) is 210 Å². The van der Waals surface area contributed by atoms with Crippen LogP contribution < -0.4 is 29.9 Å². The number of nitriles is 1. The van der Waals surface area contributed by atoms with Crippen molar-refractivity contribution in [3.8, 4) is 6.07 Å². The van der Waals surface area contributed by atoms with E-state index in [0.717, 1.165) is 66.9 Å². The van der Waals surface area contributed by atoms with Gasteiger partial charge in [0, 0.05) is 70.2 Å². The Bertz CT molecular complexity index is 4170. The summed E-state index contributed by atoms with van der Waals surface area (Å²) in [4.78, 5) is 62.6. The first-order chi connectivity index (χ1) is 44.9. The molecule has 6 aromatic heterocycles. The van der Waals surface area contributed by atoms with Crippen LogP contribution in [0.15, 0.2) is 107 Å². The number of fused-ring (bicyclic) bond motifs is 12. The van der Waals surface area contributed by atoms with Crippen LogP contribution in [0, 0.1) is 29.7 Å². The molecule has 4 atom stereocenters. The van der Waals surface area contributed by atoms with Gasteiger partial charge in [0.1, 0.15) is 23.3 Å². The second kappa shape index (κ2) is 28.3. The number of rotatable bonds is 6. The number of nitrogens with zero attached hydrogens (tertiary/aromatic N) is 10. The van der Waals surface area contributed by atoms with Crippen molar-refractivity contribution in [2.75, 3.05) is 40.1 Å². The predicted octanol–water partition coefficient (Wildman–Crippen LogP) is 12.8. The van der Waals surface area contributed by atoms with Crippen LogP contribution in [0.5, 0.6) is 0 Å². The maximum atomic E-state index is 13.6. The first kappa shape index (κ1) is 72.5. The number of carbonyl (C=O) groups is 2. The number of carbonyl (C=O) groups excluding carboxylic acids is 2. The van der Waals surface area contributed by atoms with Crippen LogP contribution in [0.4, 0.5) is 23.3 Å². The highest BCUT2D eigenvalue weighted by Crippen LogP contribution is 2.44. The molecule has 2 unspecified atom stereocenters. The van der Waals surface area contributed by atoms with Gasteiger partial charge in [-0.25, -0.2) is 36.0 Å². The Morgan fingerprint density at radius 1 is 0.646 bits per heavy atom. The number of pyridine rings is 6. The van der Waals surface area contributed by atoms with Crippen molar-refractivity contribution in [2.24, 2.45) is 11.8 Å². The fourth-order valence-corrected chi connectivity index (χ4v) is 14.8. The first-order valence-corrected chi connectivity index (χ1v) is 36.0. The molecule has 22 nitrogen and oxygen atoms in total. The molecule has 0 spiro atoms. The van der Waals surface area contributed by atoms with Crippen LogP contribution in [-0.2, 0) is 46.6 Å². The number of amides is 2. The SMILES string of the molecule is CC(C)(C)c1ccc2c(n1)N1C[C@@H](CCC(c3cc(CCC#N)ccn3)Nc3cccc(n3)S(=O)(=O)NC2=O)CC1(C)C.CC(C)(C)c1ccc2c(n1)N1C[C@@H](CCC(c3cc(Cl)ccn3)Nc3cccc(n3)S(=O)(=O)NC2=O)CC1(C)C.[C-]#[N+]CCB1OC(C)(C)C(C)(C)O1. The summed E-state index contributed by atoms with van der Waals surface area (Å²) in [5.74, 6) is 0.840. The Balaban J connectivity index is 0.000000190. The summed E-state index contributed by atoms with van der Waals surface area (Å²) >= 11 is 6.30. The molecule has 11 heterocycles. The number of aromatic nitrogens is 6. The molecule has 8 bridgehead atoms. The normalized spacial score (nSPS) is 22.2. The second-order valence-corrected chi connectivity index (χ2v) is 33.5. The van der Waals surface area contributed by atoms with E-state index in [-0.39, 0.29) is 73.5 Å². The van der Waals surface area contributed by atoms with Crippen LogP contribution in [0.2, 0.25) is 11.3 Å². The van der Waals surface area contributed by atoms with Crippen LogP contribution >= 0.6 is 11.6 Å². The fraction of sp³-hybridized carbons (Fsp3) is 0.514. The van der Waals surface area contributed by atoms with Crippen molar-refractivity contribution in [3.63, 3.8) is 0 Å². The van der Waals surface area contributed by atoms with Crippen molar-refractivity contribution in [1.29, 1.82) is 5.26 Å². The molecule has 510 valence electrons. The summed E-state index contributed by atoms with van der Waals surface area (Å²) in [6.45, 7) is 37.5. The number of halogens is 1. The van der Waals surface area contributed by atoms with Gasteiger partial charge in [-0.2, -0.15) is 22.1 Å². The summed E-state index contributed by atoms with van der Waals surface area (Å²) in [6, 6.07) is 25.4. The minimum Gasteiger partial charge on any atom is -0.403 e. The van der Waals surface area contributed by atoms with Crippen LogP contribution in [0.1, 0.15) is 203 Å². The maximum Gasteiger partial charge on any atom is 0.465 e. The summed E-state index contributed by atoms with van der Waals surface area (Å²) < 4.78 is 69.4. The summed E-state index contributed by atoms with van der Waals surface area (Å²) in [5.41, 5.74) is 2.97. The Labute approximate surface area is 572 Å². The monoisotopic (exact) mass is 1360 g/mol. The van der Waals surface area contributed by atoms with E-state index in [1.807, 2.05) is 45.9 Å². The first-order valence-electron chi connectivity index (χ1n) is 32.7. The number of anilines is 4. The van der Waals surface area contributed by atoms with Crippen molar-refractivity contribution < 1.29 is 35.7 Å². The summed E-state index contributed by atoms with van der Waals surface area (Å²) in [7, 11) is -8.78. The van der Waals surface area contributed by atoms with E-state index in [4.69, 9.17) is 42.7 Å². The molecule has 11 rings (SSSR count). The number of hydrogen-bond donors (Lipinski definition) is 4. The highest BCUT2D eigenvalue weighted by Gasteiger charge is 2.51. The third-order valence-corrected chi connectivity index (χ3v) is 21.3. The van der Waals surface area contributed by atoms with Gasteiger partial charge < -0.3 is 34.6 Å². The third-order valence-electron chi connectivity index (χ3n) is 18.6. The molecule has 0 saturated carbocycles. The number of sulfonamides is 2. The van der Waals surface area contributed by atoms with Gasteiger partial charge in [0.15, 0.2) is 10.1 Å². The quantitative estimate of drug-likeness (QED) is 0.0890. The molecular weight excluding hydrogens is 1280 g/mol. The smallest absolute Gasteiger partial charge is 0.403 e. The Hall–Kier alpha value is -7.81. The van der Waals surface area contributed by atoms with Crippen molar-refractivity contribution >= 4 is 73.9 Å². The van der Waals surface area contributed by atoms with E-state index in [2.05, 4.69) is 130 Å². The van der Waals surface area contributed by atoms with Gasteiger partial charge in [-0.3, -0.25) is 19.6 Å². The minimum absolute atomic E-state index is 0.209. The van der Waals surface area contributed by atoms with Gasteiger partial charge in [-0.1, -0.05) is 65.3 Å². The van der Waals surface area contributed by atoms with Crippen LogP contribution in [-0.4, -0.2) is 108 Å². The largest absolute Gasteiger partial charge is 0.465 e. The van der Waals surface area contributed by atoms with Gasteiger partial charge in [-0.05, 0) is 191 Å². The molecule has 4 N–H and O–H groups in total. The van der Waals surface area contributed by atoms with Gasteiger partial charge in [-0.15, -0.1) is 0 Å². The summed E-state index contributed by atoms with van der Waals surface area (Å²) in [5, 5.41) is 15.9. The van der Waals surface area contributed by atoms with Gasteiger partial charge >= 0.3 is 7.12 Å². The molecule has 26 heteroatoms. The molecule has 5 aliphatic rings. The predicted molar refractivity (Wildman–Crippen MR) is 374 cm³/mol. The lowest BCUT2D eigenvalue weighted by Gasteiger charge is -2.34. The van der Waals surface area contributed by atoms with Gasteiger partial charge in [0.2, 0.25) is 6.54 Å². The topological polar surface area (TPSA) is 281 Å². The zero-order chi connectivity index (χ0) is 70.0. The number of aryl methyl sites for hydroxylation is 1. The standard InChI is InChI=1S/C32H39N7O3S.C29H35ClN6O3S.C9H16BNO2/c1-31(2,3)26-14-12-23-29(36-26)39-20-22(19-32(39,4)5)11-13-24(25-18-21(8-7-16-33)15-17-34-25)35-27-9-6-10-28(37-27)43(41,42)38-30(23)40;1-28(2,3)23-12-10-20-26(33-23)36-17-18(16-29(36,4)5)9-11-21(22-15-19(30)13-14-31-22)32-24-7-6-8-25(34-24)40(38,39)35-27(20)37;1-8(2)9(3,4)13-10(12-8)6-7-11-5/h6,9-10,12,14-15,17-18,22,24H,7-8,11,13,19-20H2,1-5H3,(H,35,37)(H,38,40);6-8,10,12-15,18,21H,9,11,16-17H2,1-5H3,(H,32,34)(H,35,37);6-7H2,1-4H3/t22-,24?;18-,21?;/m00./s1. The average Bonchev–Trinajstić information content (AvgIpc) is 1.47. The van der Waals surface area contributed by atoms with Gasteiger partial charge in [0.05, 0.1) is 58.2 Å². The van der Waals surface area contributed by atoms with E-state index in [9.17, 15) is 26.4 Å². The molecule has 3 fully saturated rings. The lowest BCUT2D eigenvalue weighted by atomic mass is 9.85. The number of hydrogen-bond acceptors (Lipinski definition) is 19. The van der Waals surface area contributed by atoms with Gasteiger partial charge in [0.25, 0.3) is 31.9 Å². The van der Waals surface area contributed by atoms with Crippen molar-refractivity contribution in [3.05, 3.63) is 153 Å². The average molecular weight is 1370 g/mol. The highest BCUT2D eigenvalue weighted by atomic mass is 35.5. The van der Waals surface area contributed by atoms with Crippen LogP contribution in [0.25, 0.3) is 4.85 Å². The van der Waals surface area contributed by atoms with Crippen molar-refractivity contribution in [1.82, 2.24) is 39.3 Å². The van der Waals surface area contributed by atoms with Crippen LogP contribution in [0.3, 0.4) is 0 Å². The van der Waals surface area contributed by atoms with E-state index in [1.54, 1.807) is 67.0 Å². The molecule has 0 aromatic carbocycles. The third kappa shape index (κ3) is 17.1. The lowest BCUT2D eigenvalue weighted by Crippen LogP contribution is -2.41. The lowest BCUT2D eigenvalue weighted by molar-refractivity contribution is 0.00578. The molecule has 96 heavy (non-hydrogen) atoms. The maximum absolute atomic E-state index is 13.6. The molecule has 0 radical (unpaired) electrons. The second-order valence-electron chi connectivity index (χ2n) is 29.8. The van der Waals surface area contributed by atoms with E-state index in [1.165, 1.54) is 12.1 Å². The van der Waals surface area contributed by atoms with E-state index < -0.39 is 31.9 Å². The zero-order valence-electron chi connectivity index (χ0n) is 57.5. The Kier molecular flexibility index (Phi) is 21.4. The fourth-order valence-electron chi connectivity index (χ4n) is 12.8. The molecule has 0 aliphatic carbocycles. The summed E-state index contributed by atoms with van der Waals surface area (Å²) in [6.07, 6.45) is 10.0. The number of nitrogens with one attached hydrogen (secondary N) is 4. The minimum atomic E-state index is -4.29. The Morgan fingerprint density at radius 3 is 1.52 bits per heavy atom. The molecule has 2 amide bonds.